The molecule has 0 saturated carbocycles. The number of halogens is 1. The molecule has 1 aromatic carbocycles. The second-order valence-electron chi connectivity index (χ2n) is 4.08. The van der Waals surface area contributed by atoms with Crippen LogP contribution in [-0.4, -0.2) is 21.0 Å². The first-order valence-electron chi connectivity index (χ1n) is 6.07. The molecule has 1 heterocycles. The van der Waals surface area contributed by atoms with Gasteiger partial charge in [-0.1, -0.05) is 30.7 Å². The molecule has 0 saturated heterocycles. The van der Waals surface area contributed by atoms with E-state index in [-0.39, 0.29) is 23.3 Å². The number of benzene rings is 1. The van der Waals surface area contributed by atoms with Gasteiger partial charge in [-0.05, 0) is 24.1 Å². The minimum atomic E-state index is -1.15. The van der Waals surface area contributed by atoms with E-state index in [1.54, 1.807) is 0 Å². The minimum absolute atomic E-state index is 0.0618. The largest absolute Gasteiger partial charge is 0.486 e. The van der Waals surface area contributed by atoms with Crippen molar-refractivity contribution in [3.8, 4) is 5.75 Å². The van der Waals surface area contributed by atoms with Crippen molar-refractivity contribution >= 4 is 17.6 Å². The third kappa shape index (κ3) is 3.68. The Bertz CT molecular complexity index is 614. The van der Waals surface area contributed by atoms with E-state index in [4.69, 9.17) is 21.4 Å². The molecule has 0 fully saturated rings. The SMILES string of the molecule is CCc1ccc(OCc2nc(Cl)cc(C(=O)O)n2)cc1. The summed E-state index contributed by atoms with van der Waals surface area (Å²) in [4.78, 5) is 18.7. The van der Waals surface area contributed by atoms with Gasteiger partial charge < -0.3 is 9.84 Å². The van der Waals surface area contributed by atoms with E-state index < -0.39 is 5.97 Å². The van der Waals surface area contributed by atoms with Gasteiger partial charge in [0, 0.05) is 6.07 Å². The molecule has 0 bridgehead atoms. The zero-order valence-electron chi connectivity index (χ0n) is 10.8. The number of aryl methyl sites for hydroxylation is 1. The highest BCUT2D eigenvalue weighted by Crippen LogP contribution is 2.14. The number of carboxylic acid groups (broad SMARTS) is 1. The van der Waals surface area contributed by atoms with Crippen LogP contribution in [0.1, 0.15) is 28.8 Å². The maximum atomic E-state index is 10.9. The lowest BCUT2D eigenvalue weighted by molar-refractivity contribution is 0.0689. The van der Waals surface area contributed by atoms with Crippen LogP contribution < -0.4 is 4.74 Å². The number of hydrogen-bond donors (Lipinski definition) is 1. The Morgan fingerprint density at radius 2 is 2.00 bits per heavy atom. The minimum Gasteiger partial charge on any atom is -0.486 e. The fourth-order valence-corrected chi connectivity index (χ4v) is 1.81. The Morgan fingerprint density at radius 3 is 2.60 bits per heavy atom. The fraction of sp³-hybridized carbons (Fsp3) is 0.214. The fourth-order valence-electron chi connectivity index (χ4n) is 1.61. The molecule has 0 aliphatic heterocycles. The van der Waals surface area contributed by atoms with Crippen molar-refractivity contribution in [3.05, 3.63) is 52.6 Å². The van der Waals surface area contributed by atoms with Gasteiger partial charge in [0.05, 0.1) is 0 Å². The third-order valence-corrected chi connectivity index (χ3v) is 2.85. The predicted molar refractivity (Wildman–Crippen MR) is 74.2 cm³/mol. The highest BCUT2D eigenvalue weighted by Gasteiger charge is 2.09. The standard InChI is InChI=1S/C14H13ClN2O3/c1-2-9-3-5-10(6-4-9)20-8-13-16-11(14(18)19)7-12(15)17-13/h3-7H,2,8H2,1H3,(H,18,19). The van der Waals surface area contributed by atoms with Crippen molar-refractivity contribution in [1.82, 2.24) is 9.97 Å². The van der Waals surface area contributed by atoms with Gasteiger partial charge in [-0.25, -0.2) is 14.8 Å². The van der Waals surface area contributed by atoms with Crippen molar-refractivity contribution in [2.75, 3.05) is 0 Å². The van der Waals surface area contributed by atoms with Gasteiger partial charge in [0.1, 0.15) is 17.5 Å². The number of carboxylic acids is 1. The molecule has 0 aliphatic rings. The lowest BCUT2D eigenvalue weighted by atomic mass is 10.2. The molecular formula is C14H13ClN2O3. The molecule has 0 unspecified atom stereocenters. The van der Waals surface area contributed by atoms with Gasteiger partial charge in [0.25, 0.3) is 0 Å². The van der Waals surface area contributed by atoms with Crippen LogP contribution in [0.2, 0.25) is 5.15 Å². The van der Waals surface area contributed by atoms with Gasteiger partial charge in [-0.15, -0.1) is 0 Å². The third-order valence-electron chi connectivity index (χ3n) is 2.66. The summed E-state index contributed by atoms with van der Waals surface area (Å²) in [6.07, 6.45) is 0.958. The predicted octanol–water partition coefficient (Wildman–Crippen LogP) is 2.97. The van der Waals surface area contributed by atoms with Crippen LogP contribution in [0.4, 0.5) is 0 Å². The molecule has 1 aromatic heterocycles. The number of nitrogens with zero attached hydrogens (tertiary/aromatic N) is 2. The van der Waals surface area contributed by atoms with Gasteiger partial charge in [-0.2, -0.15) is 0 Å². The van der Waals surface area contributed by atoms with Gasteiger partial charge >= 0.3 is 5.97 Å². The van der Waals surface area contributed by atoms with E-state index in [2.05, 4.69) is 16.9 Å². The first-order chi connectivity index (χ1) is 9.58. The van der Waals surface area contributed by atoms with Crippen LogP contribution in [0.5, 0.6) is 5.75 Å². The number of ether oxygens (including phenoxy) is 1. The topological polar surface area (TPSA) is 72.3 Å². The molecule has 1 N–H and O–H groups in total. The van der Waals surface area contributed by atoms with Crippen molar-refractivity contribution in [2.24, 2.45) is 0 Å². The summed E-state index contributed by atoms with van der Waals surface area (Å²) >= 11 is 5.75. The van der Waals surface area contributed by atoms with E-state index in [0.29, 0.717) is 5.75 Å². The number of rotatable bonds is 5. The van der Waals surface area contributed by atoms with Crippen LogP contribution in [-0.2, 0) is 13.0 Å². The average molecular weight is 293 g/mol. The summed E-state index contributed by atoms with van der Waals surface area (Å²) in [5.41, 5.74) is 1.06. The Kier molecular flexibility index (Phi) is 4.53. The molecule has 2 aromatic rings. The molecule has 104 valence electrons. The first-order valence-corrected chi connectivity index (χ1v) is 6.44. The van der Waals surface area contributed by atoms with Gasteiger partial charge in [0.15, 0.2) is 11.5 Å². The quantitative estimate of drug-likeness (QED) is 0.858. The summed E-state index contributed by atoms with van der Waals surface area (Å²) in [6.45, 7) is 2.13. The van der Waals surface area contributed by atoms with Crippen molar-refractivity contribution in [3.63, 3.8) is 0 Å². The van der Waals surface area contributed by atoms with Crippen LogP contribution in [0.3, 0.4) is 0 Å². The first kappa shape index (κ1) is 14.3. The van der Waals surface area contributed by atoms with Crippen LogP contribution in [0.25, 0.3) is 0 Å². The second kappa shape index (κ2) is 6.34. The summed E-state index contributed by atoms with van der Waals surface area (Å²) in [7, 11) is 0. The summed E-state index contributed by atoms with van der Waals surface area (Å²) in [5.74, 6) is -0.250. The monoisotopic (exact) mass is 292 g/mol. The van der Waals surface area contributed by atoms with Gasteiger partial charge in [-0.3, -0.25) is 0 Å². The molecule has 2 rings (SSSR count). The van der Waals surface area contributed by atoms with E-state index in [9.17, 15) is 4.79 Å². The zero-order valence-corrected chi connectivity index (χ0v) is 11.6. The normalized spacial score (nSPS) is 10.3. The maximum absolute atomic E-state index is 10.9. The molecule has 0 spiro atoms. The Morgan fingerprint density at radius 1 is 1.30 bits per heavy atom. The molecule has 0 aliphatic carbocycles. The number of aromatic nitrogens is 2. The highest BCUT2D eigenvalue weighted by atomic mass is 35.5. The molecular weight excluding hydrogens is 280 g/mol. The van der Waals surface area contributed by atoms with E-state index >= 15 is 0 Å². The molecule has 5 nitrogen and oxygen atoms in total. The lowest BCUT2D eigenvalue weighted by Gasteiger charge is -2.06. The average Bonchev–Trinajstić information content (AvgIpc) is 2.45. The number of aromatic carboxylic acids is 1. The zero-order chi connectivity index (χ0) is 14.5. The van der Waals surface area contributed by atoms with Crippen molar-refractivity contribution in [1.29, 1.82) is 0 Å². The highest BCUT2D eigenvalue weighted by molar-refractivity contribution is 6.29. The van der Waals surface area contributed by atoms with E-state index in [1.807, 2.05) is 24.3 Å². The molecule has 6 heteroatoms. The second-order valence-corrected chi connectivity index (χ2v) is 4.47. The number of carbonyl (C=O) groups is 1. The Hall–Kier alpha value is -2.14. The summed E-state index contributed by atoms with van der Waals surface area (Å²) in [6, 6.07) is 8.83. The molecule has 0 atom stereocenters. The van der Waals surface area contributed by atoms with E-state index in [1.165, 1.54) is 11.6 Å². The summed E-state index contributed by atoms with van der Waals surface area (Å²) < 4.78 is 5.50. The van der Waals surface area contributed by atoms with Crippen LogP contribution >= 0.6 is 11.6 Å². The number of hydrogen-bond acceptors (Lipinski definition) is 4. The van der Waals surface area contributed by atoms with Crippen molar-refractivity contribution < 1.29 is 14.6 Å². The van der Waals surface area contributed by atoms with Crippen LogP contribution in [0.15, 0.2) is 30.3 Å². The Labute approximate surface area is 121 Å². The molecule has 0 radical (unpaired) electrons. The van der Waals surface area contributed by atoms with Crippen LogP contribution in [0, 0.1) is 0 Å². The molecule has 0 amide bonds. The smallest absolute Gasteiger partial charge is 0.354 e. The Balaban J connectivity index is 2.08. The van der Waals surface area contributed by atoms with Gasteiger partial charge in [0.2, 0.25) is 0 Å². The maximum Gasteiger partial charge on any atom is 0.354 e. The van der Waals surface area contributed by atoms with Crippen molar-refractivity contribution in [2.45, 2.75) is 20.0 Å². The summed E-state index contributed by atoms with van der Waals surface area (Å²) in [5, 5.41) is 8.97. The lowest BCUT2D eigenvalue weighted by Crippen LogP contribution is -2.08. The molecule has 20 heavy (non-hydrogen) atoms. The van der Waals surface area contributed by atoms with E-state index in [0.717, 1.165) is 6.42 Å².